The van der Waals surface area contributed by atoms with Gasteiger partial charge in [-0.1, -0.05) is 50.1 Å². The fourth-order valence-electron chi connectivity index (χ4n) is 1.61. The normalized spacial score (nSPS) is 11.5. The number of hydrogen-bond donors (Lipinski definition) is 0. The molecule has 1 aromatic carbocycles. The van der Waals surface area contributed by atoms with Crippen molar-refractivity contribution in [3.63, 3.8) is 0 Å². The average molecular weight is 216 g/mol. The van der Waals surface area contributed by atoms with Gasteiger partial charge in [0.15, 0.2) is 5.78 Å². The molecule has 0 saturated heterocycles. The molecule has 86 valence electrons. The minimum Gasteiger partial charge on any atom is -0.295 e. The first-order valence-corrected chi connectivity index (χ1v) is 6.00. The lowest BCUT2D eigenvalue weighted by Crippen LogP contribution is -1.98. The first-order valence-electron chi connectivity index (χ1n) is 6.00. The Labute approximate surface area is 98.2 Å². The zero-order valence-electron chi connectivity index (χ0n) is 10.2. The molecule has 0 saturated carbocycles. The van der Waals surface area contributed by atoms with Crippen molar-refractivity contribution in [3.05, 3.63) is 41.5 Å². The molecule has 0 radical (unpaired) electrons. The summed E-state index contributed by atoms with van der Waals surface area (Å²) in [5.41, 5.74) is 1.96. The molecule has 1 rings (SSSR count). The lowest BCUT2D eigenvalue weighted by Gasteiger charge is -2.01. The summed E-state index contributed by atoms with van der Waals surface area (Å²) in [6, 6.07) is 9.99. The van der Waals surface area contributed by atoms with Crippen molar-refractivity contribution in [3.8, 4) is 0 Å². The third kappa shape index (κ3) is 4.43. The Morgan fingerprint density at radius 3 is 2.50 bits per heavy atom. The lowest BCUT2D eigenvalue weighted by atomic mass is 10.0. The van der Waals surface area contributed by atoms with Crippen LogP contribution in [0.4, 0.5) is 0 Å². The molecular weight excluding hydrogens is 196 g/mol. The van der Waals surface area contributed by atoms with Crippen molar-refractivity contribution in [2.45, 2.75) is 39.5 Å². The molecule has 0 aromatic heterocycles. The fraction of sp³-hybridized carbons (Fsp3) is 0.400. The van der Waals surface area contributed by atoms with Gasteiger partial charge in [0, 0.05) is 6.42 Å². The Kier molecular flexibility index (Phi) is 5.55. The minimum atomic E-state index is 0.275. The monoisotopic (exact) mass is 216 g/mol. The van der Waals surface area contributed by atoms with Crippen molar-refractivity contribution in [1.29, 1.82) is 0 Å². The molecule has 0 aliphatic heterocycles. The van der Waals surface area contributed by atoms with E-state index in [1.807, 2.05) is 43.3 Å². The van der Waals surface area contributed by atoms with Crippen LogP contribution in [0.15, 0.2) is 35.9 Å². The van der Waals surface area contributed by atoms with Crippen molar-refractivity contribution in [1.82, 2.24) is 0 Å². The van der Waals surface area contributed by atoms with Crippen molar-refractivity contribution in [2.24, 2.45) is 0 Å². The summed E-state index contributed by atoms with van der Waals surface area (Å²) in [4.78, 5) is 11.8. The third-order valence-corrected chi connectivity index (χ3v) is 2.63. The van der Waals surface area contributed by atoms with E-state index in [-0.39, 0.29) is 5.78 Å². The number of hydrogen-bond acceptors (Lipinski definition) is 1. The number of Topliss-reactive ketones (excluding diaryl/α,β-unsaturated/α-hetero) is 1. The van der Waals surface area contributed by atoms with Crippen LogP contribution in [0, 0.1) is 0 Å². The van der Waals surface area contributed by atoms with E-state index in [2.05, 4.69) is 6.92 Å². The zero-order chi connectivity index (χ0) is 11.8. The number of carbonyl (C=O) groups excluding carboxylic acids is 1. The van der Waals surface area contributed by atoms with Crippen LogP contribution in [-0.4, -0.2) is 5.78 Å². The smallest absolute Gasteiger partial charge is 0.158 e. The van der Waals surface area contributed by atoms with Gasteiger partial charge in [0.2, 0.25) is 0 Å². The number of rotatable bonds is 6. The van der Waals surface area contributed by atoms with Crippen molar-refractivity contribution < 1.29 is 4.79 Å². The van der Waals surface area contributed by atoms with E-state index in [9.17, 15) is 4.79 Å². The molecule has 1 aromatic rings. The second kappa shape index (κ2) is 7.00. The Bertz CT molecular complexity index is 349. The van der Waals surface area contributed by atoms with Crippen LogP contribution in [0.3, 0.4) is 0 Å². The summed E-state index contributed by atoms with van der Waals surface area (Å²) in [5, 5.41) is 0. The van der Waals surface area contributed by atoms with Crippen molar-refractivity contribution in [2.75, 3.05) is 0 Å². The molecule has 0 atom stereocenters. The van der Waals surface area contributed by atoms with Crippen LogP contribution < -0.4 is 0 Å². The fourth-order valence-corrected chi connectivity index (χ4v) is 1.61. The van der Waals surface area contributed by atoms with Crippen LogP contribution >= 0.6 is 0 Å². The van der Waals surface area contributed by atoms with Gasteiger partial charge in [0.1, 0.15) is 0 Å². The summed E-state index contributed by atoms with van der Waals surface area (Å²) in [6.45, 7) is 4.05. The molecule has 0 bridgehead atoms. The van der Waals surface area contributed by atoms with E-state index < -0.39 is 0 Å². The topological polar surface area (TPSA) is 17.1 Å². The van der Waals surface area contributed by atoms with Crippen LogP contribution in [0.5, 0.6) is 0 Å². The Morgan fingerprint density at radius 1 is 1.19 bits per heavy atom. The van der Waals surface area contributed by atoms with Crippen molar-refractivity contribution >= 4 is 11.9 Å². The zero-order valence-corrected chi connectivity index (χ0v) is 10.2. The van der Waals surface area contributed by atoms with E-state index in [0.717, 1.165) is 30.4 Å². The van der Waals surface area contributed by atoms with Gasteiger partial charge in [-0.15, -0.1) is 0 Å². The van der Waals surface area contributed by atoms with Gasteiger partial charge >= 0.3 is 0 Å². The summed E-state index contributed by atoms with van der Waals surface area (Å²) in [7, 11) is 0. The molecule has 0 aliphatic carbocycles. The maximum Gasteiger partial charge on any atom is 0.158 e. The first kappa shape index (κ1) is 12.7. The molecule has 0 N–H and O–H groups in total. The number of benzene rings is 1. The highest BCUT2D eigenvalue weighted by Gasteiger charge is 2.03. The Hall–Kier alpha value is -1.37. The average Bonchev–Trinajstić information content (AvgIpc) is 2.30. The van der Waals surface area contributed by atoms with E-state index in [1.54, 1.807) is 0 Å². The summed E-state index contributed by atoms with van der Waals surface area (Å²) in [5.74, 6) is 0.275. The molecule has 0 fully saturated rings. The largest absolute Gasteiger partial charge is 0.295 e. The predicted molar refractivity (Wildman–Crippen MR) is 69.2 cm³/mol. The molecular formula is C15H20O. The van der Waals surface area contributed by atoms with Crippen LogP contribution in [0.2, 0.25) is 0 Å². The van der Waals surface area contributed by atoms with Crippen LogP contribution in [0.1, 0.15) is 45.1 Å². The minimum absolute atomic E-state index is 0.275. The SMILES string of the molecule is CCCCCC(=O)/C(C)=C\c1ccccc1. The highest BCUT2D eigenvalue weighted by molar-refractivity contribution is 5.98. The van der Waals surface area contributed by atoms with Gasteiger partial charge in [0.05, 0.1) is 0 Å². The molecule has 0 heterocycles. The number of carbonyl (C=O) groups is 1. The van der Waals surface area contributed by atoms with Crippen LogP contribution in [-0.2, 0) is 4.79 Å². The highest BCUT2D eigenvalue weighted by Crippen LogP contribution is 2.10. The van der Waals surface area contributed by atoms with Gasteiger partial charge < -0.3 is 0 Å². The van der Waals surface area contributed by atoms with Gasteiger partial charge in [0.25, 0.3) is 0 Å². The number of unbranched alkanes of at least 4 members (excludes halogenated alkanes) is 2. The predicted octanol–water partition coefficient (Wildman–Crippen LogP) is 4.24. The van der Waals surface area contributed by atoms with E-state index in [1.165, 1.54) is 0 Å². The quantitative estimate of drug-likeness (QED) is 0.513. The van der Waals surface area contributed by atoms with Gasteiger partial charge in [-0.3, -0.25) is 4.79 Å². The summed E-state index contributed by atoms with van der Waals surface area (Å²) in [6.07, 6.45) is 5.96. The molecule has 0 spiro atoms. The first-order chi connectivity index (χ1) is 7.74. The molecule has 0 aliphatic rings. The maximum atomic E-state index is 11.8. The van der Waals surface area contributed by atoms with Gasteiger partial charge in [-0.05, 0) is 30.6 Å². The standard InChI is InChI=1S/C15H20O/c1-3-4-6-11-15(16)13(2)12-14-9-7-5-8-10-14/h5,7-10,12H,3-4,6,11H2,1-2H3/b13-12-. The van der Waals surface area contributed by atoms with E-state index >= 15 is 0 Å². The van der Waals surface area contributed by atoms with E-state index in [0.29, 0.717) is 6.42 Å². The Morgan fingerprint density at radius 2 is 1.88 bits per heavy atom. The molecule has 16 heavy (non-hydrogen) atoms. The molecule has 1 heteroatoms. The lowest BCUT2D eigenvalue weighted by molar-refractivity contribution is -0.115. The van der Waals surface area contributed by atoms with Crippen LogP contribution in [0.25, 0.3) is 6.08 Å². The number of ketones is 1. The summed E-state index contributed by atoms with van der Waals surface area (Å²) >= 11 is 0. The molecule has 1 nitrogen and oxygen atoms in total. The maximum absolute atomic E-state index is 11.8. The second-order valence-corrected chi connectivity index (χ2v) is 4.12. The number of allylic oxidation sites excluding steroid dienone is 1. The third-order valence-electron chi connectivity index (χ3n) is 2.63. The van der Waals surface area contributed by atoms with Gasteiger partial charge in [-0.25, -0.2) is 0 Å². The Balaban J connectivity index is 2.53. The van der Waals surface area contributed by atoms with E-state index in [4.69, 9.17) is 0 Å². The highest BCUT2D eigenvalue weighted by atomic mass is 16.1. The van der Waals surface area contributed by atoms with Gasteiger partial charge in [-0.2, -0.15) is 0 Å². The summed E-state index contributed by atoms with van der Waals surface area (Å²) < 4.78 is 0. The molecule has 0 unspecified atom stereocenters. The second-order valence-electron chi connectivity index (χ2n) is 4.12. The molecule has 0 amide bonds.